The summed E-state index contributed by atoms with van der Waals surface area (Å²) in [5.74, 6) is 0.0874. The number of hydrogen-bond donors (Lipinski definition) is 1. The van der Waals surface area contributed by atoms with E-state index in [4.69, 9.17) is 4.74 Å². The topological polar surface area (TPSA) is 60.5 Å². The highest BCUT2D eigenvalue weighted by Gasteiger charge is 2.14. The SMILES string of the molecule is COC(=O)C(C)CNc1cccnc1OC(C)C. The Morgan fingerprint density at radius 2 is 2.17 bits per heavy atom. The Morgan fingerprint density at radius 1 is 1.44 bits per heavy atom. The van der Waals surface area contributed by atoms with E-state index in [1.54, 1.807) is 13.1 Å². The van der Waals surface area contributed by atoms with E-state index in [1.807, 2.05) is 26.0 Å². The second-order valence-electron chi connectivity index (χ2n) is 4.33. The highest BCUT2D eigenvalue weighted by atomic mass is 16.5. The minimum Gasteiger partial charge on any atom is -0.473 e. The first-order valence-corrected chi connectivity index (χ1v) is 5.98. The van der Waals surface area contributed by atoms with Gasteiger partial charge in [-0.05, 0) is 26.0 Å². The summed E-state index contributed by atoms with van der Waals surface area (Å²) in [6, 6.07) is 3.69. The molecule has 0 radical (unpaired) electrons. The number of pyridine rings is 1. The van der Waals surface area contributed by atoms with Crippen LogP contribution in [0.3, 0.4) is 0 Å². The van der Waals surface area contributed by atoms with Crippen LogP contribution in [-0.2, 0) is 9.53 Å². The van der Waals surface area contributed by atoms with Crippen molar-refractivity contribution in [2.24, 2.45) is 5.92 Å². The van der Waals surface area contributed by atoms with Crippen molar-refractivity contribution in [1.82, 2.24) is 4.98 Å². The minimum absolute atomic E-state index is 0.0541. The van der Waals surface area contributed by atoms with E-state index < -0.39 is 0 Å². The lowest BCUT2D eigenvalue weighted by atomic mass is 10.2. The van der Waals surface area contributed by atoms with Crippen LogP contribution < -0.4 is 10.1 Å². The molecule has 100 valence electrons. The molecular formula is C13H20N2O3. The molecular weight excluding hydrogens is 232 g/mol. The predicted octanol–water partition coefficient (Wildman–Crippen LogP) is 2.09. The molecule has 1 N–H and O–H groups in total. The van der Waals surface area contributed by atoms with Gasteiger partial charge in [0.05, 0.1) is 24.8 Å². The molecule has 18 heavy (non-hydrogen) atoms. The van der Waals surface area contributed by atoms with E-state index in [0.29, 0.717) is 12.4 Å². The molecule has 0 spiro atoms. The van der Waals surface area contributed by atoms with E-state index in [1.165, 1.54) is 7.11 Å². The predicted molar refractivity (Wildman–Crippen MR) is 69.7 cm³/mol. The summed E-state index contributed by atoms with van der Waals surface area (Å²) in [6.07, 6.45) is 1.73. The van der Waals surface area contributed by atoms with Crippen molar-refractivity contribution in [3.05, 3.63) is 18.3 Å². The van der Waals surface area contributed by atoms with Gasteiger partial charge in [-0.1, -0.05) is 6.92 Å². The Labute approximate surface area is 108 Å². The molecule has 1 unspecified atom stereocenters. The smallest absolute Gasteiger partial charge is 0.310 e. The van der Waals surface area contributed by atoms with Crippen LogP contribution in [0.15, 0.2) is 18.3 Å². The summed E-state index contributed by atoms with van der Waals surface area (Å²) in [7, 11) is 1.39. The number of aromatic nitrogens is 1. The number of nitrogens with zero attached hydrogens (tertiary/aromatic N) is 1. The first-order valence-electron chi connectivity index (χ1n) is 5.98. The number of hydrogen-bond acceptors (Lipinski definition) is 5. The molecule has 1 heterocycles. The lowest BCUT2D eigenvalue weighted by molar-refractivity contribution is -0.144. The van der Waals surface area contributed by atoms with Gasteiger partial charge in [0, 0.05) is 12.7 Å². The van der Waals surface area contributed by atoms with Crippen molar-refractivity contribution in [2.75, 3.05) is 19.0 Å². The van der Waals surface area contributed by atoms with Gasteiger partial charge in [0.25, 0.3) is 0 Å². The van der Waals surface area contributed by atoms with Crippen LogP contribution in [-0.4, -0.2) is 30.7 Å². The number of nitrogens with one attached hydrogen (secondary N) is 1. The van der Waals surface area contributed by atoms with Gasteiger partial charge in [0.15, 0.2) is 0 Å². The van der Waals surface area contributed by atoms with Gasteiger partial charge in [-0.15, -0.1) is 0 Å². The molecule has 0 aliphatic rings. The number of rotatable bonds is 6. The van der Waals surface area contributed by atoms with Crippen LogP contribution in [0.2, 0.25) is 0 Å². The number of carbonyl (C=O) groups is 1. The average Bonchev–Trinajstić information content (AvgIpc) is 2.35. The second-order valence-corrected chi connectivity index (χ2v) is 4.33. The molecule has 5 heteroatoms. The van der Waals surface area contributed by atoms with E-state index >= 15 is 0 Å². The standard InChI is InChI=1S/C13H20N2O3/c1-9(2)18-12-11(6-5-7-14-12)15-8-10(3)13(16)17-4/h5-7,9-10,15H,8H2,1-4H3. The molecule has 0 saturated carbocycles. The Morgan fingerprint density at radius 3 is 2.78 bits per heavy atom. The van der Waals surface area contributed by atoms with Crippen molar-refractivity contribution >= 4 is 11.7 Å². The zero-order valence-electron chi connectivity index (χ0n) is 11.3. The zero-order valence-corrected chi connectivity index (χ0v) is 11.3. The maximum absolute atomic E-state index is 11.3. The van der Waals surface area contributed by atoms with E-state index in [0.717, 1.165) is 5.69 Å². The molecule has 5 nitrogen and oxygen atoms in total. The van der Waals surface area contributed by atoms with Crippen molar-refractivity contribution in [3.8, 4) is 5.88 Å². The molecule has 0 fully saturated rings. The molecule has 0 aliphatic carbocycles. The quantitative estimate of drug-likeness (QED) is 0.785. The first-order chi connectivity index (χ1) is 8.54. The number of methoxy groups -OCH3 is 1. The fourth-order valence-corrected chi connectivity index (χ4v) is 1.39. The fourth-order valence-electron chi connectivity index (χ4n) is 1.39. The van der Waals surface area contributed by atoms with Crippen LogP contribution >= 0.6 is 0 Å². The van der Waals surface area contributed by atoms with Crippen LogP contribution in [0, 0.1) is 5.92 Å². The second kappa shape index (κ2) is 6.83. The van der Waals surface area contributed by atoms with E-state index in [-0.39, 0.29) is 18.0 Å². The monoisotopic (exact) mass is 252 g/mol. The van der Waals surface area contributed by atoms with E-state index in [2.05, 4.69) is 15.0 Å². The summed E-state index contributed by atoms with van der Waals surface area (Å²) >= 11 is 0. The highest BCUT2D eigenvalue weighted by Crippen LogP contribution is 2.21. The summed E-state index contributed by atoms with van der Waals surface area (Å²) in [5.41, 5.74) is 0.780. The average molecular weight is 252 g/mol. The van der Waals surface area contributed by atoms with Gasteiger partial charge in [-0.3, -0.25) is 4.79 Å². The Hall–Kier alpha value is -1.78. The highest BCUT2D eigenvalue weighted by molar-refractivity contribution is 5.72. The maximum atomic E-state index is 11.3. The van der Waals surface area contributed by atoms with Crippen molar-refractivity contribution in [1.29, 1.82) is 0 Å². The van der Waals surface area contributed by atoms with Crippen LogP contribution in [0.25, 0.3) is 0 Å². The van der Waals surface area contributed by atoms with Crippen molar-refractivity contribution in [3.63, 3.8) is 0 Å². The molecule has 0 aliphatic heterocycles. The lowest BCUT2D eigenvalue weighted by Crippen LogP contribution is -2.22. The van der Waals surface area contributed by atoms with Gasteiger partial charge < -0.3 is 14.8 Å². The van der Waals surface area contributed by atoms with Gasteiger partial charge in [0.1, 0.15) is 0 Å². The third-order valence-electron chi connectivity index (χ3n) is 2.32. The Balaban J connectivity index is 2.64. The van der Waals surface area contributed by atoms with Gasteiger partial charge >= 0.3 is 5.97 Å². The molecule has 1 rings (SSSR count). The molecule has 0 aromatic carbocycles. The molecule has 1 atom stereocenters. The van der Waals surface area contributed by atoms with Crippen LogP contribution in [0.4, 0.5) is 5.69 Å². The number of ether oxygens (including phenoxy) is 2. The first kappa shape index (κ1) is 14.3. The fraction of sp³-hybridized carbons (Fsp3) is 0.538. The molecule has 0 bridgehead atoms. The summed E-state index contributed by atoms with van der Waals surface area (Å²) < 4.78 is 10.2. The molecule has 0 saturated heterocycles. The Kier molecular flexibility index (Phi) is 5.42. The lowest BCUT2D eigenvalue weighted by Gasteiger charge is -2.15. The van der Waals surface area contributed by atoms with Crippen molar-refractivity contribution < 1.29 is 14.3 Å². The van der Waals surface area contributed by atoms with Crippen LogP contribution in [0.1, 0.15) is 20.8 Å². The maximum Gasteiger partial charge on any atom is 0.310 e. The minimum atomic E-state index is -0.238. The normalized spacial score (nSPS) is 12.1. The summed E-state index contributed by atoms with van der Waals surface area (Å²) in [6.45, 7) is 6.16. The molecule has 1 aromatic rings. The van der Waals surface area contributed by atoms with Gasteiger partial charge in [-0.25, -0.2) is 4.98 Å². The Bertz CT molecular complexity index is 394. The number of anilines is 1. The van der Waals surface area contributed by atoms with Crippen molar-refractivity contribution in [2.45, 2.75) is 26.9 Å². The third kappa shape index (κ3) is 4.24. The zero-order chi connectivity index (χ0) is 13.5. The third-order valence-corrected chi connectivity index (χ3v) is 2.32. The summed E-state index contributed by atoms with van der Waals surface area (Å²) in [4.78, 5) is 15.4. The van der Waals surface area contributed by atoms with Gasteiger partial charge in [-0.2, -0.15) is 0 Å². The summed E-state index contributed by atoms with van der Waals surface area (Å²) in [5, 5.41) is 3.15. The van der Waals surface area contributed by atoms with Crippen LogP contribution in [0.5, 0.6) is 5.88 Å². The van der Waals surface area contributed by atoms with Gasteiger partial charge in [0.2, 0.25) is 5.88 Å². The van der Waals surface area contributed by atoms with E-state index in [9.17, 15) is 4.79 Å². The number of carbonyl (C=O) groups excluding carboxylic acids is 1. The largest absolute Gasteiger partial charge is 0.473 e. The number of esters is 1. The molecule has 0 amide bonds. The molecule has 1 aromatic heterocycles.